The number of carbonyl (C=O) groups is 2. The van der Waals surface area contributed by atoms with Gasteiger partial charge in [-0.2, -0.15) is 21.6 Å². The van der Waals surface area contributed by atoms with E-state index in [2.05, 4.69) is 9.50 Å². The van der Waals surface area contributed by atoms with Gasteiger partial charge in [0.05, 0.1) is 18.7 Å². The van der Waals surface area contributed by atoms with E-state index in [1.54, 1.807) is 27.7 Å². The first kappa shape index (κ1) is 26.1. The fourth-order valence-electron chi connectivity index (χ4n) is 3.46. The molecule has 0 aliphatic carbocycles. The number of alkyl halides is 3. The summed E-state index contributed by atoms with van der Waals surface area (Å²) in [5.41, 5.74) is -7.43. The van der Waals surface area contributed by atoms with E-state index in [0.717, 1.165) is 17.4 Å². The van der Waals surface area contributed by atoms with Gasteiger partial charge in [-0.3, -0.25) is 0 Å². The van der Waals surface area contributed by atoms with Crippen LogP contribution in [0.25, 0.3) is 5.76 Å². The van der Waals surface area contributed by atoms with Gasteiger partial charge in [0.2, 0.25) is 0 Å². The highest BCUT2D eigenvalue weighted by atomic mass is 32.2. The number of amides is 1. The summed E-state index contributed by atoms with van der Waals surface area (Å²) >= 11 is 1.09. The summed E-state index contributed by atoms with van der Waals surface area (Å²) in [4.78, 5) is 27.1. The highest BCUT2D eigenvalue weighted by molar-refractivity contribution is 7.87. The second-order valence-corrected chi connectivity index (χ2v) is 11.5. The smallest absolute Gasteiger partial charge is 0.464 e. The molecule has 190 valence electrons. The summed E-state index contributed by atoms with van der Waals surface area (Å²) < 4.78 is 77.8. The Labute approximate surface area is 199 Å². The van der Waals surface area contributed by atoms with Crippen LogP contribution in [0.1, 0.15) is 50.6 Å². The average molecular weight is 527 g/mol. The molecule has 1 amide bonds. The number of fused-ring (bicyclic) bond motifs is 3. The van der Waals surface area contributed by atoms with Gasteiger partial charge in [-0.05, 0) is 52.7 Å². The van der Waals surface area contributed by atoms with Gasteiger partial charge < -0.3 is 23.9 Å². The van der Waals surface area contributed by atoms with Crippen molar-refractivity contribution in [2.24, 2.45) is 0 Å². The minimum absolute atomic E-state index is 0.000368. The summed E-state index contributed by atoms with van der Waals surface area (Å²) in [7, 11) is -6.01. The van der Waals surface area contributed by atoms with E-state index in [0.29, 0.717) is 10.4 Å². The largest absolute Gasteiger partial charge is 0.534 e. The highest BCUT2D eigenvalue weighted by Gasteiger charge is 2.51. The highest BCUT2D eigenvalue weighted by Crippen LogP contribution is 2.47. The van der Waals surface area contributed by atoms with E-state index >= 15 is 0 Å². The number of nitrogens with zero attached hydrogens (tertiary/aromatic N) is 1. The van der Waals surface area contributed by atoms with Crippen molar-refractivity contribution in [1.82, 2.24) is 4.90 Å². The number of nitrogens with one attached hydrogen (secondary N) is 1. The van der Waals surface area contributed by atoms with Crippen molar-refractivity contribution < 1.29 is 44.8 Å². The molecule has 1 atom stereocenters. The van der Waals surface area contributed by atoms with Crippen LogP contribution in [-0.4, -0.2) is 55.2 Å². The van der Waals surface area contributed by atoms with Crippen LogP contribution in [0.3, 0.4) is 0 Å². The number of anilines is 1. The third-order valence-electron chi connectivity index (χ3n) is 4.93. The first-order valence-electron chi connectivity index (χ1n) is 10.3. The van der Waals surface area contributed by atoms with Crippen molar-refractivity contribution >= 4 is 44.3 Å². The Kier molecular flexibility index (Phi) is 6.63. The lowest BCUT2D eigenvalue weighted by atomic mass is 9.92. The maximum Gasteiger partial charge on any atom is 0.534 e. The van der Waals surface area contributed by atoms with Crippen molar-refractivity contribution in [2.45, 2.75) is 64.2 Å². The maximum atomic E-state index is 13.1. The van der Waals surface area contributed by atoms with Crippen LogP contribution in [0.2, 0.25) is 0 Å². The third-order valence-corrected chi connectivity index (χ3v) is 7.03. The summed E-state index contributed by atoms with van der Waals surface area (Å²) in [6.07, 6.45) is 0.634. The van der Waals surface area contributed by atoms with Crippen LogP contribution < -0.4 is 5.32 Å². The van der Waals surface area contributed by atoms with Gasteiger partial charge in [-0.25, -0.2) is 9.59 Å². The molecule has 2 aliphatic heterocycles. The molecule has 14 heteroatoms. The number of esters is 1. The molecule has 0 saturated carbocycles. The second kappa shape index (κ2) is 8.63. The number of ether oxygens (including phenoxy) is 2. The number of thiophene rings is 1. The standard InChI is InChI=1S/C20H25F3N2O7S2/c1-6-30-16(26)19(5)9-12(32-34(28,29)20(21,22)23)14-11-7-8-25(17(27)31-18(2,3)4)10-13(11)33-15(14)24-19/h9,24H,6-8,10H2,1-5H3. The van der Waals surface area contributed by atoms with Gasteiger partial charge in [0, 0.05) is 11.4 Å². The molecule has 1 N–H and O–H groups in total. The molecule has 0 aromatic carbocycles. The molecule has 34 heavy (non-hydrogen) atoms. The fourth-order valence-corrected chi connectivity index (χ4v) is 5.31. The Hall–Kier alpha value is -2.48. The molecule has 0 fully saturated rings. The Bertz CT molecular complexity index is 1140. The van der Waals surface area contributed by atoms with Crippen LogP contribution in [-0.2, 0) is 41.5 Å². The van der Waals surface area contributed by atoms with Gasteiger partial charge in [-0.15, -0.1) is 11.3 Å². The SMILES string of the molecule is CCOC(=O)C1(C)C=C(OS(=O)(=O)C(F)(F)F)c2c(sc3c2CCN(C(=O)OC(C)(C)C)C3)N1. The van der Waals surface area contributed by atoms with Gasteiger partial charge in [-0.1, -0.05) is 0 Å². The Morgan fingerprint density at radius 1 is 1.26 bits per heavy atom. The van der Waals surface area contributed by atoms with E-state index < -0.39 is 44.6 Å². The topological polar surface area (TPSA) is 111 Å². The number of rotatable bonds is 4. The van der Waals surface area contributed by atoms with E-state index in [-0.39, 0.29) is 36.7 Å². The van der Waals surface area contributed by atoms with E-state index in [1.807, 2.05) is 0 Å². The summed E-state index contributed by atoms with van der Waals surface area (Å²) in [6.45, 7) is 8.35. The number of carbonyl (C=O) groups excluding carboxylic acids is 2. The Morgan fingerprint density at radius 3 is 2.47 bits per heavy atom. The second-order valence-electron chi connectivity index (χ2n) is 8.90. The predicted octanol–water partition coefficient (Wildman–Crippen LogP) is 4.00. The third kappa shape index (κ3) is 5.11. The molecule has 1 unspecified atom stereocenters. The fraction of sp³-hybridized carbons (Fsp3) is 0.600. The minimum atomic E-state index is -6.01. The van der Waals surface area contributed by atoms with Crippen LogP contribution >= 0.6 is 11.3 Å². The average Bonchev–Trinajstić information content (AvgIpc) is 3.02. The Balaban J connectivity index is 2.03. The van der Waals surface area contributed by atoms with Gasteiger partial charge in [0.1, 0.15) is 10.6 Å². The van der Waals surface area contributed by atoms with Crippen molar-refractivity contribution in [3.63, 3.8) is 0 Å². The molecule has 1 aromatic heterocycles. The molecule has 0 bridgehead atoms. The molecule has 0 spiro atoms. The van der Waals surface area contributed by atoms with Crippen molar-refractivity contribution in [3.8, 4) is 0 Å². The quantitative estimate of drug-likeness (QED) is 0.356. The van der Waals surface area contributed by atoms with Crippen LogP contribution in [0.5, 0.6) is 0 Å². The summed E-state index contributed by atoms with van der Waals surface area (Å²) in [5, 5.41) is 3.17. The molecule has 0 radical (unpaired) electrons. The minimum Gasteiger partial charge on any atom is -0.464 e. The number of hydrogen-bond donors (Lipinski definition) is 1. The monoisotopic (exact) mass is 526 g/mol. The Morgan fingerprint density at radius 2 is 1.91 bits per heavy atom. The molecule has 3 heterocycles. The number of hydrogen-bond acceptors (Lipinski definition) is 9. The van der Waals surface area contributed by atoms with Gasteiger partial charge in [0.15, 0.2) is 11.3 Å². The van der Waals surface area contributed by atoms with E-state index in [9.17, 15) is 31.2 Å². The van der Waals surface area contributed by atoms with Crippen LogP contribution in [0.15, 0.2) is 6.08 Å². The molecular weight excluding hydrogens is 501 g/mol. The maximum absolute atomic E-state index is 13.1. The van der Waals surface area contributed by atoms with Crippen molar-refractivity contribution in [3.05, 3.63) is 22.1 Å². The normalized spacial score (nSPS) is 20.5. The molecule has 0 saturated heterocycles. The molecule has 2 aliphatic rings. The van der Waals surface area contributed by atoms with E-state index in [1.165, 1.54) is 11.8 Å². The predicted molar refractivity (Wildman–Crippen MR) is 117 cm³/mol. The molecule has 3 rings (SSSR count). The molecule has 9 nitrogen and oxygen atoms in total. The van der Waals surface area contributed by atoms with Crippen LogP contribution in [0.4, 0.5) is 23.0 Å². The number of halogens is 3. The summed E-state index contributed by atoms with van der Waals surface area (Å²) in [5.74, 6) is -1.45. The van der Waals surface area contributed by atoms with Crippen LogP contribution in [0, 0.1) is 0 Å². The zero-order valence-electron chi connectivity index (χ0n) is 19.2. The first-order chi connectivity index (χ1) is 15.5. The zero-order valence-corrected chi connectivity index (χ0v) is 20.8. The first-order valence-corrected chi connectivity index (χ1v) is 12.5. The van der Waals surface area contributed by atoms with Gasteiger partial charge in [0.25, 0.3) is 0 Å². The van der Waals surface area contributed by atoms with Gasteiger partial charge >= 0.3 is 27.7 Å². The van der Waals surface area contributed by atoms with Crippen molar-refractivity contribution in [1.29, 1.82) is 0 Å². The lowest BCUT2D eigenvalue weighted by molar-refractivity contribution is -0.146. The van der Waals surface area contributed by atoms with E-state index in [4.69, 9.17) is 9.47 Å². The lowest BCUT2D eigenvalue weighted by Gasteiger charge is -2.32. The van der Waals surface area contributed by atoms with Crippen molar-refractivity contribution in [2.75, 3.05) is 18.5 Å². The molecule has 1 aromatic rings. The summed E-state index contributed by atoms with van der Waals surface area (Å²) in [6, 6.07) is 0. The molecular formula is C20H25F3N2O7S2. The zero-order chi connectivity index (χ0) is 25.7. The lowest BCUT2D eigenvalue weighted by Crippen LogP contribution is -2.45.